The zero-order valence-electron chi connectivity index (χ0n) is 15.5. The summed E-state index contributed by atoms with van der Waals surface area (Å²) in [5.41, 5.74) is 2.11. The molecule has 0 saturated heterocycles. The van der Waals surface area contributed by atoms with Crippen LogP contribution in [0.5, 0.6) is 0 Å². The Hall–Kier alpha value is -3.59. The van der Waals surface area contributed by atoms with Crippen molar-refractivity contribution in [2.75, 3.05) is 10.6 Å². The molecule has 3 N–H and O–H groups in total. The first-order chi connectivity index (χ1) is 14.5. The molecule has 0 atom stereocenters. The number of carbonyl (C=O) groups is 3. The molecular formula is C21H16BrFN4O3. The topological polar surface area (TPSA) is 100 Å². The summed E-state index contributed by atoms with van der Waals surface area (Å²) in [5, 5.41) is 7.82. The van der Waals surface area contributed by atoms with Crippen LogP contribution in [0, 0.1) is 5.82 Å². The number of halogens is 2. The van der Waals surface area contributed by atoms with Crippen LogP contribution in [0.2, 0.25) is 0 Å². The van der Waals surface area contributed by atoms with Crippen molar-refractivity contribution in [3.8, 4) is 0 Å². The number of benzene rings is 2. The van der Waals surface area contributed by atoms with E-state index in [2.05, 4.69) is 36.9 Å². The van der Waals surface area contributed by atoms with E-state index in [1.165, 1.54) is 30.5 Å². The van der Waals surface area contributed by atoms with Gasteiger partial charge in [0.15, 0.2) is 0 Å². The highest BCUT2D eigenvalue weighted by atomic mass is 79.9. The fraction of sp³-hybridized carbons (Fsp3) is 0.0476. The van der Waals surface area contributed by atoms with E-state index in [4.69, 9.17) is 0 Å². The summed E-state index contributed by atoms with van der Waals surface area (Å²) in [5.74, 6) is -1.41. The van der Waals surface area contributed by atoms with Crippen LogP contribution in [0.1, 0.15) is 26.4 Å². The number of aromatic nitrogens is 1. The van der Waals surface area contributed by atoms with E-state index in [0.29, 0.717) is 28.8 Å². The Bertz CT molecular complexity index is 1070. The van der Waals surface area contributed by atoms with Gasteiger partial charge in [0.25, 0.3) is 11.8 Å². The zero-order valence-corrected chi connectivity index (χ0v) is 17.1. The van der Waals surface area contributed by atoms with Gasteiger partial charge in [0, 0.05) is 24.1 Å². The fourth-order valence-electron chi connectivity index (χ4n) is 2.50. The van der Waals surface area contributed by atoms with Gasteiger partial charge in [-0.2, -0.15) is 0 Å². The maximum absolute atomic E-state index is 13.6. The van der Waals surface area contributed by atoms with Gasteiger partial charge in [-0.1, -0.05) is 12.1 Å². The molecule has 3 aromatic rings. The lowest BCUT2D eigenvalue weighted by atomic mass is 10.2. The van der Waals surface area contributed by atoms with Gasteiger partial charge in [-0.05, 0) is 64.0 Å². The number of nitrogens with one attached hydrogen (secondary N) is 3. The van der Waals surface area contributed by atoms with E-state index in [1.54, 1.807) is 30.3 Å². The quantitative estimate of drug-likeness (QED) is 0.458. The first-order valence-electron chi connectivity index (χ1n) is 8.76. The lowest BCUT2D eigenvalue weighted by Crippen LogP contribution is -2.16. The summed E-state index contributed by atoms with van der Waals surface area (Å²) in [4.78, 5) is 38.9. The van der Waals surface area contributed by atoms with Gasteiger partial charge in [0.05, 0.1) is 10.0 Å². The van der Waals surface area contributed by atoms with Crippen LogP contribution < -0.4 is 16.0 Å². The summed E-state index contributed by atoms with van der Waals surface area (Å²) in [7, 11) is 0. The molecule has 9 heteroatoms. The number of amides is 3. The van der Waals surface area contributed by atoms with E-state index in [0.717, 1.165) is 5.56 Å². The van der Waals surface area contributed by atoms with Gasteiger partial charge >= 0.3 is 0 Å². The monoisotopic (exact) mass is 470 g/mol. The summed E-state index contributed by atoms with van der Waals surface area (Å²) >= 11 is 3.05. The van der Waals surface area contributed by atoms with Crippen molar-refractivity contribution in [2.24, 2.45) is 0 Å². The van der Waals surface area contributed by atoms with Crippen LogP contribution in [0.25, 0.3) is 0 Å². The Balaban J connectivity index is 1.61. The third kappa shape index (κ3) is 5.48. The molecule has 1 aromatic heterocycles. The third-order valence-corrected chi connectivity index (χ3v) is 4.68. The van der Waals surface area contributed by atoms with Gasteiger partial charge in [-0.25, -0.2) is 4.39 Å². The lowest BCUT2D eigenvalue weighted by Gasteiger charge is -2.08. The van der Waals surface area contributed by atoms with Crippen molar-refractivity contribution in [2.45, 2.75) is 6.54 Å². The average molecular weight is 471 g/mol. The van der Waals surface area contributed by atoms with E-state index >= 15 is 0 Å². The molecule has 0 unspecified atom stereocenters. The molecule has 3 amide bonds. The van der Waals surface area contributed by atoms with Crippen LogP contribution >= 0.6 is 15.9 Å². The molecular weight excluding hydrogens is 455 g/mol. The Morgan fingerprint density at radius 3 is 2.30 bits per heavy atom. The first-order valence-corrected chi connectivity index (χ1v) is 9.55. The van der Waals surface area contributed by atoms with Crippen molar-refractivity contribution < 1.29 is 18.8 Å². The number of rotatable bonds is 7. The SMILES string of the molecule is O=CNCc1ccc(NC(=O)c2ccc(C(=O)Nc3ccc(Br)c(F)c3)cn2)cc1. The van der Waals surface area contributed by atoms with Gasteiger partial charge in [-0.15, -0.1) is 0 Å². The second-order valence-corrected chi connectivity index (χ2v) is 7.02. The van der Waals surface area contributed by atoms with E-state index in [1.807, 2.05) is 0 Å². The summed E-state index contributed by atoms with van der Waals surface area (Å²) in [6.45, 7) is 0.399. The average Bonchev–Trinajstić information content (AvgIpc) is 2.76. The Labute approximate surface area is 179 Å². The molecule has 0 saturated carbocycles. The van der Waals surface area contributed by atoms with Gasteiger partial charge in [0.2, 0.25) is 6.41 Å². The van der Waals surface area contributed by atoms with E-state index in [9.17, 15) is 18.8 Å². The number of hydrogen-bond donors (Lipinski definition) is 3. The van der Waals surface area contributed by atoms with Crippen LogP contribution in [-0.4, -0.2) is 23.2 Å². The largest absolute Gasteiger partial charge is 0.355 e. The predicted octanol–water partition coefficient (Wildman–Crippen LogP) is 3.73. The minimum absolute atomic E-state index is 0.132. The first kappa shape index (κ1) is 21.1. The second kappa shape index (κ2) is 9.75. The number of nitrogens with zero attached hydrogens (tertiary/aromatic N) is 1. The van der Waals surface area contributed by atoms with Gasteiger partial charge in [-0.3, -0.25) is 19.4 Å². The Kier molecular flexibility index (Phi) is 6.87. The molecule has 7 nitrogen and oxygen atoms in total. The number of carbonyl (C=O) groups excluding carboxylic acids is 3. The second-order valence-electron chi connectivity index (χ2n) is 6.16. The summed E-state index contributed by atoms with van der Waals surface area (Å²) in [6.07, 6.45) is 1.89. The molecule has 0 aliphatic heterocycles. The highest BCUT2D eigenvalue weighted by Crippen LogP contribution is 2.20. The van der Waals surface area contributed by atoms with E-state index in [-0.39, 0.29) is 11.3 Å². The van der Waals surface area contributed by atoms with Crippen molar-refractivity contribution in [3.05, 3.63) is 87.9 Å². The standard InChI is InChI=1S/C21H16BrFN4O3/c22-17-7-6-16(9-18(17)23)27-20(29)14-3-8-19(25-11-14)21(30)26-15-4-1-13(2-5-15)10-24-12-28/h1-9,11-12H,10H2,(H,24,28)(H,26,30)(H,27,29). The molecule has 2 aromatic carbocycles. The normalized spacial score (nSPS) is 10.2. The van der Waals surface area contributed by atoms with Crippen molar-refractivity contribution in [3.63, 3.8) is 0 Å². The molecule has 152 valence electrons. The predicted molar refractivity (Wildman–Crippen MR) is 114 cm³/mol. The van der Waals surface area contributed by atoms with Crippen molar-refractivity contribution >= 4 is 45.5 Å². The van der Waals surface area contributed by atoms with Crippen LogP contribution in [0.3, 0.4) is 0 Å². The molecule has 0 aliphatic rings. The fourth-order valence-corrected chi connectivity index (χ4v) is 2.75. The zero-order chi connectivity index (χ0) is 21.5. The molecule has 0 fully saturated rings. The highest BCUT2D eigenvalue weighted by Gasteiger charge is 2.12. The number of anilines is 2. The highest BCUT2D eigenvalue weighted by molar-refractivity contribution is 9.10. The molecule has 0 spiro atoms. The molecule has 3 rings (SSSR count). The van der Waals surface area contributed by atoms with Crippen molar-refractivity contribution in [1.29, 1.82) is 0 Å². The smallest absolute Gasteiger partial charge is 0.274 e. The maximum Gasteiger partial charge on any atom is 0.274 e. The van der Waals surface area contributed by atoms with Crippen LogP contribution in [0.15, 0.2) is 65.3 Å². The van der Waals surface area contributed by atoms with Crippen LogP contribution in [0.4, 0.5) is 15.8 Å². The minimum atomic E-state index is -0.494. The lowest BCUT2D eigenvalue weighted by molar-refractivity contribution is -0.109. The molecule has 1 heterocycles. The Morgan fingerprint density at radius 2 is 1.67 bits per heavy atom. The molecule has 0 bridgehead atoms. The van der Waals surface area contributed by atoms with Gasteiger partial charge in [0.1, 0.15) is 11.5 Å². The van der Waals surface area contributed by atoms with Gasteiger partial charge < -0.3 is 16.0 Å². The number of pyridine rings is 1. The Morgan fingerprint density at radius 1 is 0.967 bits per heavy atom. The summed E-state index contributed by atoms with van der Waals surface area (Å²) < 4.78 is 13.9. The third-order valence-electron chi connectivity index (χ3n) is 4.04. The maximum atomic E-state index is 13.6. The molecule has 30 heavy (non-hydrogen) atoms. The molecule has 0 radical (unpaired) electrons. The summed E-state index contributed by atoms with van der Waals surface area (Å²) in [6, 6.07) is 14.1. The van der Waals surface area contributed by atoms with Crippen LogP contribution in [-0.2, 0) is 11.3 Å². The number of hydrogen-bond acceptors (Lipinski definition) is 4. The minimum Gasteiger partial charge on any atom is -0.355 e. The molecule has 0 aliphatic carbocycles. The van der Waals surface area contributed by atoms with E-state index < -0.39 is 17.6 Å². The van der Waals surface area contributed by atoms with Crippen molar-refractivity contribution in [1.82, 2.24) is 10.3 Å².